The number of nitrogens with zero attached hydrogens (tertiary/aromatic N) is 3. The quantitative estimate of drug-likeness (QED) is 0.370. The third kappa shape index (κ3) is 3.73. The van der Waals surface area contributed by atoms with Crippen molar-refractivity contribution in [1.29, 1.82) is 0 Å². The molecule has 0 aromatic heterocycles. The number of ether oxygens (including phenoxy) is 2. The fraction of sp³-hybridized carbons (Fsp3) is 0.533. The fourth-order valence-electron chi connectivity index (χ4n) is 2.35. The molecule has 1 aromatic rings. The zero-order chi connectivity index (χ0) is 16.1. The normalized spacial score (nSPS) is 16.0. The van der Waals surface area contributed by atoms with Crippen LogP contribution in [0.2, 0.25) is 0 Å². The highest BCUT2D eigenvalue weighted by atomic mass is 16.6. The van der Waals surface area contributed by atoms with Crippen LogP contribution in [0.4, 0.5) is 11.4 Å². The molecular formula is C15H21N3O4. The van der Waals surface area contributed by atoms with Gasteiger partial charge in [-0.15, -0.1) is 0 Å². The third-order valence-electron chi connectivity index (χ3n) is 3.47. The van der Waals surface area contributed by atoms with E-state index < -0.39 is 4.92 Å². The van der Waals surface area contributed by atoms with Crippen LogP contribution in [0.3, 0.4) is 0 Å². The molecule has 0 saturated carbocycles. The molecule has 120 valence electrons. The summed E-state index contributed by atoms with van der Waals surface area (Å²) in [5, 5.41) is 11.2. The predicted octanol–water partition coefficient (Wildman–Crippen LogP) is 2.62. The Kier molecular flexibility index (Phi) is 5.32. The van der Waals surface area contributed by atoms with Crippen LogP contribution in [0.25, 0.3) is 0 Å². The lowest BCUT2D eigenvalue weighted by Crippen LogP contribution is -2.42. The van der Waals surface area contributed by atoms with Gasteiger partial charge in [0.15, 0.2) is 0 Å². The minimum absolute atomic E-state index is 0.0211. The summed E-state index contributed by atoms with van der Waals surface area (Å²) in [5.74, 6) is 1.54. The number of hydrogen-bond acceptors (Lipinski definition) is 5. The maximum Gasteiger partial charge on any atom is 0.295 e. The second-order valence-electron chi connectivity index (χ2n) is 5.34. The average molecular weight is 307 g/mol. The van der Waals surface area contributed by atoms with Gasteiger partial charge in [0.25, 0.3) is 5.69 Å². The van der Waals surface area contributed by atoms with Gasteiger partial charge in [-0.3, -0.25) is 10.1 Å². The topological polar surface area (TPSA) is 77.2 Å². The molecule has 0 unspecified atom stereocenters. The van der Waals surface area contributed by atoms with Crippen molar-refractivity contribution in [3.05, 3.63) is 28.3 Å². The third-order valence-corrected chi connectivity index (χ3v) is 3.47. The van der Waals surface area contributed by atoms with E-state index in [0.29, 0.717) is 24.7 Å². The Morgan fingerprint density at radius 3 is 2.64 bits per heavy atom. The van der Waals surface area contributed by atoms with Crippen LogP contribution >= 0.6 is 0 Å². The summed E-state index contributed by atoms with van der Waals surface area (Å²) >= 11 is 0. The van der Waals surface area contributed by atoms with Crippen molar-refractivity contribution in [3.8, 4) is 5.75 Å². The smallest absolute Gasteiger partial charge is 0.295 e. The largest absolute Gasteiger partial charge is 0.497 e. The predicted molar refractivity (Wildman–Crippen MR) is 84.0 cm³/mol. The SMILES string of the molecule is COc1ccc([N+](=O)[O-])c(N=C(C(C)C)N2CCOCC2)c1. The maximum absolute atomic E-state index is 11.2. The lowest BCUT2D eigenvalue weighted by Gasteiger charge is -2.31. The molecule has 1 aliphatic heterocycles. The van der Waals surface area contributed by atoms with Gasteiger partial charge in [0.2, 0.25) is 0 Å². The molecule has 0 amide bonds. The van der Waals surface area contributed by atoms with E-state index in [2.05, 4.69) is 9.89 Å². The van der Waals surface area contributed by atoms with Gasteiger partial charge in [-0.25, -0.2) is 4.99 Å². The number of aliphatic imine (C=N–C) groups is 1. The number of nitro groups is 1. The molecule has 0 atom stereocenters. The molecule has 1 saturated heterocycles. The highest BCUT2D eigenvalue weighted by molar-refractivity contribution is 5.88. The van der Waals surface area contributed by atoms with Gasteiger partial charge in [0, 0.05) is 31.1 Å². The molecule has 22 heavy (non-hydrogen) atoms. The zero-order valence-corrected chi connectivity index (χ0v) is 13.1. The Balaban J connectivity index is 2.43. The summed E-state index contributed by atoms with van der Waals surface area (Å²) in [7, 11) is 1.53. The molecular weight excluding hydrogens is 286 g/mol. The molecule has 1 fully saturated rings. The Bertz CT molecular complexity index is 566. The molecule has 1 heterocycles. The molecule has 0 radical (unpaired) electrons. The molecule has 0 spiro atoms. The van der Waals surface area contributed by atoms with E-state index in [4.69, 9.17) is 9.47 Å². The second-order valence-corrected chi connectivity index (χ2v) is 5.34. The average Bonchev–Trinajstić information content (AvgIpc) is 2.52. The highest BCUT2D eigenvalue weighted by Gasteiger charge is 2.21. The monoisotopic (exact) mass is 307 g/mol. The van der Waals surface area contributed by atoms with Crippen LogP contribution in [0.1, 0.15) is 13.8 Å². The number of morpholine rings is 1. The lowest BCUT2D eigenvalue weighted by molar-refractivity contribution is -0.384. The van der Waals surface area contributed by atoms with Gasteiger partial charge in [-0.2, -0.15) is 0 Å². The van der Waals surface area contributed by atoms with E-state index in [9.17, 15) is 10.1 Å². The molecule has 2 rings (SSSR count). The minimum atomic E-state index is -0.421. The first-order valence-corrected chi connectivity index (χ1v) is 7.26. The van der Waals surface area contributed by atoms with Crippen molar-refractivity contribution in [2.75, 3.05) is 33.4 Å². The summed E-state index contributed by atoms with van der Waals surface area (Å²) in [5.41, 5.74) is 0.298. The molecule has 1 aliphatic rings. The van der Waals surface area contributed by atoms with Crippen molar-refractivity contribution in [1.82, 2.24) is 4.90 Å². The first-order chi connectivity index (χ1) is 10.5. The maximum atomic E-state index is 11.2. The van der Waals surface area contributed by atoms with Crippen LogP contribution < -0.4 is 4.74 Å². The number of methoxy groups -OCH3 is 1. The van der Waals surface area contributed by atoms with Gasteiger partial charge >= 0.3 is 0 Å². The first kappa shape index (κ1) is 16.2. The van der Waals surface area contributed by atoms with Crippen LogP contribution in [-0.4, -0.2) is 49.1 Å². The fourth-order valence-corrected chi connectivity index (χ4v) is 2.35. The lowest BCUT2D eigenvalue weighted by atomic mass is 10.1. The minimum Gasteiger partial charge on any atom is -0.497 e. The van der Waals surface area contributed by atoms with Crippen LogP contribution in [0.5, 0.6) is 5.75 Å². The molecule has 0 N–H and O–H groups in total. The highest BCUT2D eigenvalue weighted by Crippen LogP contribution is 2.32. The number of nitro benzene ring substituents is 1. The van der Waals surface area contributed by atoms with E-state index in [1.54, 1.807) is 12.1 Å². The van der Waals surface area contributed by atoms with Crippen molar-refractivity contribution in [2.24, 2.45) is 10.9 Å². The number of amidine groups is 1. The molecule has 0 bridgehead atoms. The Morgan fingerprint density at radius 2 is 2.09 bits per heavy atom. The van der Waals surface area contributed by atoms with E-state index in [1.165, 1.54) is 13.2 Å². The second kappa shape index (κ2) is 7.22. The summed E-state index contributed by atoms with van der Waals surface area (Å²) < 4.78 is 10.5. The van der Waals surface area contributed by atoms with Crippen molar-refractivity contribution >= 4 is 17.2 Å². The molecule has 7 heteroatoms. The number of hydrogen-bond donors (Lipinski definition) is 0. The van der Waals surface area contributed by atoms with Crippen molar-refractivity contribution < 1.29 is 14.4 Å². The summed E-state index contributed by atoms with van der Waals surface area (Å²) in [6, 6.07) is 4.59. The van der Waals surface area contributed by atoms with E-state index >= 15 is 0 Å². The molecule has 1 aromatic carbocycles. The van der Waals surface area contributed by atoms with Crippen molar-refractivity contribution in [3.63, 3.8) is 0 Å². The van der Waals surface area contributed by atoms with E-state index in [-0.39, 0.29) is 11.6 Å². The molecule has 7 nitrogen and oxygen atoms in total. The van der Waals surface area contributed by atoms with Crippen LogP contribution in [-0.2, 0) is 4.74 Å². The van der Waals surface area contributed by atoms with Crippen LogP contribution in [0, 0.1) is 16.0 Å². The van der Waals surface area contributed by atoms with Gasteiger partial charge in [-0.1, -0.05) is 13.8 Å². The van der Waals surface area contributed by atoms with Gasteiger partial charge in [0.1, 0.15) is 17.3 Å². The van der Waals surface area contributed by atoms with Crippen molar-refractivity contribution in [2.45, 2.75) is 13.8 Å². The van der Waals surface area contributed by atoms with E-state index in [1.807, 2.05) is 13.8 Å². The molecule has 0 aliphatic carbocycles. The summed E-state index contributed by atoms with van der Waals surface area (Å²) in [6.07, 6.45) is 0. The van der Waals surface area contributed by atoms with Gasteiger partial charge in [0.05, 0.1) is 25.2 Å². The Labute approximate surface area is 129 Å². The summed E-state index contributed by atoms with van der Waals surface area (Å²) in [6.45, 7) is 6.84. The summed E-state index contributed by atoms with van der Waals surface area (Å²) in [4.78, 5) is 17.5. The van der Waals surface area contributed by atoms with E-state index in [0.717, 1.165) is 18.9 Å². The van der Waals surface area contributed by atoms with Crippen LogP contribution in [0.15, 0.2) is 23.2 Å². The van der Waals surface area contributed by atoms with Gasteiger partial charge in [-0.05, 0) is 6.07 Å². The first-order valence-electron chi connectivity index (χ1n) is 7.26. The number of rotatable bonds is 4. The van der Waals surface area contributed by atoms with Gasteiger partial charge < -0.3 is 14.4 Å². The zero-order valence-electron chi connectivity index (χ0n) is 13.1. The standard InChI is InChI=1S/C15H21N3O4/c1-11(2)15(17-6-8-22-9-7-17)16-13-10-12(21-3)4-5-14(13)18(19)20/h4-5,10-11H,6-9H2,1-3H3. The Morgan fingerprint density at radius 1 is 1.41 bits per heavy atom. The number of benzene rings is 1. The Hall–Kier alpha value is -2.15.